The fourth-order valence-electron chi connectivity index (χ4n) is 1.43. The van der Waals surface area contributed by atoms with Gasteiger partial charge in [-0.2, -0.15) is 0 Å². The molecular formula is C12H22N2O. The maximum absolute atomic E-state index is 11.8. The van der Waals surface area contributed by atoms with E-state index in [2.05, 4.69) is 12.8 Å². The van der Waals surface area contributed by atoms with Crippen LogP contribution in [0.2, 0.25) is 0 Å². The van der Waals surface area contributed by atoms with Crippen LogP contribution in [0.4, 0.5) is 0 Å². The first-order chi connectivity index (χ1) is 7.17. The van der Waals surface area contributed by atoms with Crippen molar-refractivity contribution in [2.45, 2.75) is 45.6 Å². The van der Waals surface area contributed by atoms with Crippen molar-refractivity contribution >= 4 is 5.91 Å². The van der Waals surface area contributed by atoms with E-state index in [1.807, 2.05) is 6.92 Å². The smallest absolute Gasteiger partial charge is 0.240 e. The third-order valence-electron chi connectivity index (χ3n) is 2.27. The highest BCUT2D eigenvalue weighted by molar-refractivity contribution is 5.81. The zero-order valence-electron chi connectivity index (χ0n) is 9.83. The van der Waals surface area contributed by atoms with Crippen molar-refractivity contribution in [1.29, 1.82) is 0 Å². The van der Waals surface area contributed by atoms with Crippen molar-refractivity contribution < 1.29 is 4.79 Å². The molecule has 86 valence electrons. The van der Waals surface area contributed by atoms with Gasteiger partial charge < -0.3 is 10.6 Å². The summed E-state index contributed by atoms with van der Waals surface area (Å²) in [6, 6.07) is -0.384. The molecule has 0 radical (unpaired) electrons. The van der Waals surface area contributed by atoms with Crippen molar-refractivity contribution in [1.82, 2.24) is 4.90 Å². The molecule has 0 rings (SSSR count). The van der Waals surface area contributed by atoms with Crippen molar-refractivity contribution in [3.63, 3.8) is 0 Å². The molecular weight excluding hydrogens is 188 g/mol. The summed E-state index contributed by atoms with van der Waals surface area (Å²) in [5.41, 5.74) is 5.80. The van der Waals surface area contributed by atoms with Gasteiger partial charge in [-0.05, 0) is 12.8 Å². The van der Waals surface area contributed by atoms with Gasteiger partial charge in [0.2, 0.25) is 5.91 Å². The summed E-state index contributed by atoms with van der Waals surface area (Å²) in [4.78, 5) is 13.5. The molecule has 0 spiro atoms. The molecule has 1 unspecified atom stereocenters. The lowest BCUT2D eigenvalue weighted by Crippen LogP contribution is -2.44. The highest BCUT2D eigenvalue weighted by Crippen LogP contribution is 2.03. The van der Waals surface area contributed by atoms with E-state index in [-0.39, 0.29) is 11.9 Å². The molecule has 0 aliphatic rings. The minimum absolute atomic E-state index is 0.0109. The topological polar surface area (TPSA) is 46.3 Å². The van der Waals surface area contributed by atoms with Crippen molar-refractivity contribution in [2.24, 2.45) is 5.73 Å². The summed E-state index contributed by atoms with van der Waals surface area (Å²) in [6.07, 6.45) is 8.92. The number of amides is 1. The van der Waals surface area contributed by atoms with Crippen LogP contribution >= 0.6 is 0 Å². The summed E-state index contributed by atoms with van der Waals surface area (Å²) in [7, 11) is 0. The number of terminal acetylenes is 1. The van der Waals surface area contributed by atoms with Crippen LogP contribution in [0.25, 0.3) is 0 Å². The molecule has 0 saturated heterocycles. The summed E-state index contributed by atoms with van der Waals surface area (Å²) in [5.74, 6) is 2.48. The number of nitrogens with zero attached hydrogens (tertiary/aromatic N) is 1. The molecule has 0 fully saturated rings. The monoisotopic (exact) mass is 210 g/mol. The fraction of sp³-hybridized carbons (Fsp3) is 0.750. The van der Waals surface area contributed by atoms with Gasteiger partial charge in [0.1, 0.15) is 0 Å². The Balaban J connectivity index is 4.16. The van der Waals surface area contributed by atoms with Gasteiger partial charge in [0.05, 0.1) is 12.6 Å². The van der Waals surface area contributed by atoms with E-state index in [9.17, 15) is 4.79 Å². The quantitative estimate of drug-likeness (QED) is 0.645. The van der Waals surface area contributed by atoms with E-state index in [1.165, 1.54) is 0 Å². The van der Waals surface area contributed by atoms with Crippen LogP contribution in [0.15, 0.2) is 0 Å². The number of hydrogen-bond acceptors (Lipinski definition) is 2. The predicted molar refractivity (Wildman–Crippen MR) is 63.2 cm³/mol. The number of carbonyl (C=O) groups excluding carboxylic acids is 1. The van der Waals surface area contributed by atoms with Crippen LogP contribution in [0, 0.1) is 12.3 Å². The van der Waals surface area contributed by atoms with Gasteiger partial charge in [-0.1, -0.05) is 32.6 Å². The molecule has 1 atom stereocenters. The molecule has 3 heteroatoms. The SMILES string of the molecule is C#CCN(CCC)C(=O)C(N)CCCC. The van der Waals surface area contributed by atoms with Crippen molar-refractivity contribution in [3.8, 4) is 12.3 Å². The second-order valence-corrected chi connectivity index (χ2v) is 3.71. The summed E-state index contributed by atoms with van der Waals surface area (Å²) >= 11 is 0. The lowest BCUT2D eigenvalue weighted by Gasteiger charge is -2.23. The summed E-state index contributed by atoms with van der Waals surface area (Å²) in [5, 5.41) is 0. The van der Waals surface area contributed by atoms with Gasteiger partial charge in [-0.3, -0.25) is 4.79 Å². The zero-order chi connectivity index (χ0) is 11.7. The highest BCUT2D eigenvalue weighted by atomic mass is 16.2. The minimum atomic E-state index is -0.384. The number of rotatable bonds is 7. The Hall–Kier alpha value is -1.01. The third-order valence-corrected chi connectivity index (χ3v) is 2.27. The Kier molecular flexibility index (Phi) is 7.75. The van der Waals surface area contributed by atoms with E-state index < -0.39 is 0 Å². The lowest BCUT2D eigenvalue weighted by molar-refractivity contribution is -0.132. The third kappa shape index (κ3) is 5.44. The Bertz CT molecular complexity index is 220. The number of carbonyl (C=O) groups is 1. The Labute approximate surface area is 93.0 Å². The maximum atomic E-state index is 11.8. The average molecular weight is 210 g/mol. The average Bonchev–Trinajstić information content (AvgIpc) is 2.24. The molecule has 0 aromatic carbocycles. The van der Waals surface area contributed by atoms with Crippen molar-refractivity contribution in [3.05, 3.63) is 0 Å². The summed E-state index contributed by atoms with van der Waals surface area (Å²) in [6.45, 7) is 5.17. The van der Waals surface area contributed by atoms with Gasteiger partial charge in [0.15, 0.2) is 0 Å². The first kappa shape index (κ1) is 14.0. The second-order valence-electron chi connectivity index (χ2n) is 3.71. The van der Waals surface area contributed by atoms with E-state index in [4.69, 9.17) is 12.2 Å². The molecule has 2 N–H and O–H groups in total. The molecule has 0 aliphatic carbocycles. The number of unbranched alkanes of at least 4 members (excludes halogenated alkanes) is 1. The highest BCUT2D eigenvalue weighted by Gasteiger charge is 2.18. The molecule has 0 saturated carbocycles. The van der Waals surface area contributed by atoms with Crippen LogP contribution in [-0.4, -0.2) is 29.9 Å². The molecule has 0 aromatic heterocycles. The van der Waals surface area contributed by atoms with Crippen LogP contribution in [0.5, 0.6) is 0 Å². The molecule has 3 nitrogen and oxygen atoms in total. The van der Waals surface area contributed by atoms with E-state index in [1.54, 1.807) is 4.90 Å². The largest absolute Gasteiger partial charge is 0.330 e. The molecule has 0 bridgehead atoms. The first-order valence-corrected chi connectivity index (χ1v) is 5.65. The van der Waals surface area contributed by atoms with Gasteiger partial charge in [0.25, 0.3) is 0 Å². The van der Waals surface area contributed by atoms with E-state index in [0.717, 1.165) is 25.7 Å². The Morgan fingerprint density at radius 2 is 2.13 bits per heavy atom. The number of nitrogens with two attached hydrogens (primary N) is 1. The molecule has 1 amide bonds. The summed E-state index contributed by atoms with van der Waals surface area (Å²) < 4.78 is 0. The zero-order valence-corrected chi connectivity index (χ0v) is 9.83. The number of hydrogen-bond donors (Lipinski definition) is 1. The maximum Gasteiger partial charge on any atom is 0.240 e. The van der Waals surface area contributed by atoms with Crippen molar-refractivity contribution in [2.75, 3.05) is 13.1 Å². The standard InChI is InChI=1S/C12H22N2O/c1-4-7-8-11(13)12(15)14(9-5-2)10-6-3/h2,11H,4,6-10,13H2,1,3H3. The predicted octanol–water partition coefficient (Wildman–Crippen LogP) is 1.38. The lowest BCUT2D eigenvalue weighted by atomic mass is 10.1. The second kappa shape index (κ2) is 8.31. The van der Waals surface area contributed by atoms with Crippen LogP contribution < -0.4 is 5.73 Å². The van der Waals surface area contributed by atoms with E-state index >= 15 is 0 Å². The Morgan fingerprint density at radius 3 is 2.60 bits per heavy atom. The van der Waals surface area contributed by atoms with Gasteiger partial charge in [-0.25, -0.2) is 0 Å². The van der Waals surface area contributed by atoms with Gasteiger partial charge in [0, 0.05) is 6.54 Å². The van der Waals surface area contributed by atoms with Gasteiger partial charge >= 0.3 is 0 Å². The molecule has 0 aliphatic heterocycles. The van der Waals surface area contributed by atoms with Gasteiger partial charge in [-0.15, -0.1) is 6.42 Å². The Morgan fingerprint density at radius 1 is 1.47 bits per heavy atom. The minimum Gasteiger partial charge on any atom is -0.330 e. The van der Waals surface area contributed by atoms with Crippen LogP contribution in [0.1, 0.15) is 39.5 Å². The van der Waals surface area contributed by atoms with Crippen LogP contribution in [-0.2, 0) is 4.79 Å². The first-order valence-electron chi connectivity index (χ1n) is 5.65. The van der Waals surface area contributed by atoms with Crippen LogP contribution in [0.3, 0.4) is 0 Å². The van der Waals surface area contributed by atoms with E-state index in [0.29, 0.717) is 13.1 Å². The fourth-order valence-corrected chi connectivity index (χ4v) is 1.43. The normalized spacial score (nSPS) is 11.9. The molecule has 0 aromatic rings. The molecule has 0 heterocycles. The molecule has 15 heavy (non-hydrogen) atoms.